The van der Waals surface area contributed by atoms with Crippen LogP contribution in [0.25, 0.3) is 11.0 Å². The SMILES string of the molecule is O=S(=O)(c1cccs1)N1CCc2nc3ncccc3cc2C1. The first kappa shape index (κ1) is 13.8. The summed E-state index contributed by atoms with van der Waals surface area (Å²) < 4.78 is 27.2. The van der Waals surface area contributed by atoms with Crippen molar-refractivity contribution in [2.24, 2.45) is 0 Å². The molecular weight excluding hydrogens is 318 g/mol. The fraction of sp³-hybridized carbons (Fsp3) is 0.200. The number of thiophene rings is 1. The van der Waals surface area contributed by atoms with Crippen molar-refractivity contribution in [2.45, 2.75) is 17.2 Å². The van der Waals surface area contributed by atoms with Crippen LogP contribution in [0.2, 0.25) is 0 Å². The van der Waals surface area contributed by atoms with Crippen LogP contribution in [0.4, 0.5) is 0 Å². The number of pyridine rings is 2. The van der Waals surface area contributed by atoms with E-state index in [2.05, 4.69) is 9.97 Å². The lowest BCUT2D eigenvalue weighted by molar-refractivity contribution is 0.389. The second-order valence-electron chi connectivity index (χ2n) is 5.16. The van der Waals surface area contributed by atoms with E-state index >= 15 is 0 Å². The summed E-state index contributed by atoms with van der Waals surface area (Å²) in [6.07, 6.45) is 2.34. The summed E-state index contributed by atoms with van der Waals surface area (Å²) in [5.74, 6) is 0. The van der Waals surface area contributed by atoms with Crippen molar-refractivity contribution < 1.29 is 8.42 Å². The summed E-state index contributed by atoms with van der Waals surface area (Å²) in [5, 5.41) is 2.72. The zero-order chi connectivity index (χ0) is 15.2. The van der Waals surface area contributed by atoms with E-state index in [9.17, 15) is 8.42 Å². The molecule has 22 heavy (non-hydrogen) atoms. The molecule has 0 amide bonds. The highest BCUT2D eigenvalue weighted by Crippen LogP contribution is 2.27. The third-order valence-electron chi connectivity index (χ3n) is 3.79. The molecule has 112 valence electrons. The van der Waals surface area contributed by atoms with Gasteiger partial charge in [0.15, 0.2) is 5.65 Å². The molecule has 0 N–H and O–H groups in total. The first-order valence-electron chi connectivity index (χ1n) is 6.92. The smallest absolute Gasteiger partial charge is 0.237 e. The topological polar surface area (TPSA) is 63.2 Å². The van der Waals surface area contributed by atoms with Gasteiger partial charge in [0, 0.05) is 36.8 Å². The Bertz CT molecular complexity index is 937. The van der Waals surface area contributed by atoms with E-state index in [1.807, 2.05) is 18.2 Å². The molecule has 0 saturated carbocycles. The maximum atomic E-state index is 12.6. The molecule has 1 aliphatic rings. The van der Waals surface area contributed by atoms with Crippen LogP contribution in [0.15, 0.2) is 46.1 Å². The molecule has 0 radical (unpaired) electrons. The van der Waals surface area contributed by atoms with E-state index in [1.54, 1.807) is 23.7 Å². The minimum absolute atomic E-state index is 0.368. The Morgan fingerprint density at radius 3 is 2.95 bits per heavy atom. The molecule has 0 atom stereocenters. The lowest BCUT2D eigenvalue weighted by Gasteiger charge is -2.27. The van der Waals surface area contributed by atoms with Crippen LogP contribution in [-0.4, -0.2) is 29.2 Å². The molecule has 0 bridgehead atoms. The van der Waals surface area contributed by atoms with Crippen LogP contribution in [0.3, 0.4) is 0 Å². The number of aromatic nitrogens is 2. The first-order valence-corrected chi connectivity index (χ1v) is 9.24. The Balaban J connectivity index is 1.74. The molecule has 0 saturated heterocycles. The highest BCUT2D eigenvalue weighted by molar-refractivity contribution is 7.91. The first-order chi connectivity index (χ1) is 10.6. The number of sulfonamides is 1. The van der Waals surface area contributed by atoms with E-state index < -0.39 is 10.0 Å². The van der Waals surface area contributed by atoms with Gasteiger partial charge in [0.05, 0.1) is 0 Å². The van der Waals surface area contributed by atoms with Crippen molar-refractivity contribution in [3.05, 3.63) is 53.2 Å². The van der Waals surface area contributed by atoms with Gasteiger partial charge in [-0.2, -0.15) is 4.31 Å². The van der Waals surface area contributed by atoms with Crippen molar-refractivity contribution in [3.8, 4) is 0 Å². The molecule has 3 aromatic rings. The van der Waals surface area contributed by atoms with Crippen LogP contribution in [0.1, 0.15) is 11.3 Å². The average Bonchev–Trinajstić information content (AvgIpc) is 3.07. The van der Waals surface area contributed by atoms with Crippen molar-refractivity contribution in [1.29, 1.82) is 0 Å². The molecule has 0 aromatic carbocycles. The predicted octanol–water partition coefficient (Wildman–Crippen LogP) is 2.44. The highest BCUT2D eigenvalue weighted by atomic mass is 32.2. The summed E-state index contributed by atoms with van der Waals surface area (Å²) in [6.45, 7) is 0.825. The summed E-state index contributed by atoms with van der Waals surface area (Å²) in [7, 11) is -3.41. The molecule has 7 heteroatoms. The quantitative estimate of drug-likeness (QED) is 0.723. The molecule has 0 fully saturated rings. The van der Waals surface area contributed by atoms with Gasteiger partial charge in [0.25, 0.3) is 10.0 Å². The van der Waals surface area contributed by atoms with Gasteiger partial charge in [-0.15, -0.1) is 11.3 Å². The Morgan fingerprint density at radius 1 is 1.23 bits per heavy atom. The largest absolute Gasteiger partial charge is 0.252 e. The minimum atomic E-state index is -3.41. The van der Waals surface area contributed by atoms with Gasteiger partial charge in [0.1, 0.15) is 4.21 Å². The summed E-state index contributed by atoms with van der Waals surface area (Å²) in [4.78, 5) is 8.82. The number of fused-ring (bicyclic) bond motifs is 2. The van der Waals surface area contributed by atoms with Gasteiger partial charge in [-0.3, -0.25) is 0 Å². The lowest BCUT2D eigenvalue weighted by Crippen LogP contribution is -2.36. The van der Waals surface area contributed by atoms with E-state index in [4.69, 9.17) is 0 Å². The zero-order valence-corrected chi connectivity index (χ0v) is 13.3. The maximum Gasteiger partial charge on any atom is 0.252 e. The zero-order valence-electron chi connectivity index (χ0n) is 11.6. The van der Waals surface area contributed by atoms with Gasteiger partial charge in [-0.1, -0.05) is 6.07 Å². The Morgan fingerprint density at radius 2 is 2.14 bits per heavy atom. The Labute approximate surface area is 132 Å². The van der Waals surface area contributed by atoms with E-state index in [0.29, 0.717) is 23.7 Å². The number of nitrogens with zero attached hydrogens (tertiary/aromatic N) is 3. The summed E-state index contributed by atoms with van der Waals surface area (Å²) >= 11 is 1.25. The van der Waals surface area contributed by atoms with Crippen molar-refractivity contribution >= 4 is 32.4 Å². The molecule has 4 heterocycles. The molecule has 1 aliphatic heterocycles. The third kappa shape index (κ3) is 2.22. The lowest BCUT2D eigenvalue weighted by atomic mass is 10.1. The normalized spacial score (nSPS) is 15.8. The standard InChI is InChI=1S/C15H13N3O2S2/c19-22(20,14-4-2-8-21-14)18-7-5-13-12(10-18)9-11-3-1-6-16-15(11)17-13/h1-4,6,8-9H,5,7,10H2. The Hall–Kier alpha value is -1.83. The van der Waals surface area contributed by atoms with Gasteiger partial charge < -0.3 is 0 Å². The van der Waals surface area contributed by atoms with Crippen LogP contribution in [-0.2, 0) is 23.0 Å². The second-order valence-corrected chi connectivity index (χ2v) is 8.28. The predicted molar refractivity (Wildman–Crippen MR) is 85.2 cm³/mol. The van der Waals surface area contributed by atoms with Gasteiger partial charge >= 0.3 is 0 Å². The fourth-order valence-corrected chi connectivity index (χ4v) is 5.25. The summed E-state index contributed by atoms with van der Waals surface area (Å²) in [5.41, 5.74) is 2.63. The Kier molecular flexibility index (Phi) is 3.21. The van der Waals surface area contributed by atoms with Crippen molar-refractivity contribution in [2.75, 3.05) is 6.54 Å². The van der Waals surface area contributed by atoms with E-state index in [-0.39, 0.29) is 0 Å². The molecular formula is C15H13N3O2S2. The van der Waals surface area contributed by atoms with Crippen molar-refractivity contribution in [1.82, 2.24) is 14.3 Å². The van der Waals surface area contributed by atoms with Crippen LogP contribution < -0.4 is 0 Å². The highest BCUT2D eigenvalue weighted by Gasteiger charge is 2.29. The summed E-state index contributed by atoms with van der Waals surface area (Å²) in [6, 6.07) is 9.22. The van der Waals surface area contributed by atoms with E-state index in [0.717, 1.165) is 22.3 Å². The molecule has 0 spiro atoms. The molecule has 4 rings (SSSR count). The van der Waals surface area contributed by atoms with Crippen LogP contribution >= 0.6 is 11.3 Å². The maximum absolute atomic E-state index is 12.6. The van der Waals surface area contributed by atoms with Crippen molar-refractivity contribution in [3.63, 3.8) is 0 Å². The van der Waals surface area contributed by atoms with Gasteiger partial charge in [-0.05, 0) is 35.2 Å². The van der Waals surface area contributed by atoms with Gasteiger partial charge in [-0.25, -0.2) is 18.4 Å². The number of rotatable bonds is 2. The number of hydrogen-bond donors (Lipinski definition) is 0. The molecule has 0 unspecified atom stereocenters. The molecule has 3 aromatic heterocycles. The van der Waals surface area contributed by atoms with Gasteiger partial charge in [0.2, 0.25) is 0 Å². The fourth-order valence-electron chi connectivity index (χ4n) is 2.68. The second kappa shape index (κ2) is 5.12. The molecule has 0 aliphatic carbocycles. The minimum Gasteiger partial charge on any atom is -0.237 e. The van der Waals surface area contributed by atoms with Crippen LogP contribution in [0, 0.1) is 0 Å². The number of hydrogen-bond acceptors (Lipinski definition) is 5. The molecule has 5 nitrogen and oxygen atoms in total. The third-order valence-corrected chi connectivity index (χ3v) is 7.01. The monoisotopic (exact) mass is 331 g/mol. The van der Waals surface area contributed by atoms with Crippen LogP contribution in [0.5, 0.6) is 0 Å². The average molecular weight is 331 g/mol. The van der Waals surface area contributed by atoms with E-state index in [1.165, 1.54) is 15.6 Å².